The highest BCUT2D eigenvalue weighted by Gasteiger charge is 2.33. The molecule has 2 amide bonds. The number of urea groups is 1. The highest BCUT2D eigenvalue weighted by molar-refractivity contribution is 5.83. The van der Waals surface area contributed by atoms with Gasteiger partial charge in [-0.1, -0.05) is 6.08 Å². The van der Waals surface area contributed by atoms with Crippen molar-refractivity contribution < 1.29 is 19.8 Å². The van der Waals surface area contributed by atoms with E-state index in [0.717, 1.165) is 12.8 Å². The molecule has 6 nitrogen and oxygen atoms in total. The summed E-state index contributed by atoms with van der Waals surface area (Å²) in [6.07, 6.45) is 3.45. The number of aliphatic carboxylic acids is 1. The molecule has 0 bridgehead atoms. The van der Waals surface area contributed by atoms with Crippen molar-refractivity contribution >= 4 is 12.0 Å². The first-order valence-corrected chi connectivity index (χ1v) is 5.61. The van der Waals surface area contributed by atoms with Crippen molar-refractivity contribution in [2.45, 2.75) is 31.3 Å². The van der Waals surface area contributed by atoms with Gasteiger partial charge in [0.15, 0.2) is 0 Å². The Morgan fingerprint density at radius 3 is 2.59 bits per heavy atom. The summed E-state index contributed by atoms with van der Waals surface area (Å²) in [7, 11) is 0. The van der Waals surface area contributed by atoms with Gasteiger partial charge in [0.1, 0.15) is 6.04 Å². The van der Waals surface area contributed by atoms with Gasteiger partial charge in [-0.05, 0) is 19.3 Å². The Morgan fingerprint density at radius 2 is 2.18 bits per heavy atom. The van der Waals surface area contributed by atoms with Crippen molar-refractivity contribution in [1.82, 2.24) is 10.2 Å². The summed E-state index contributed by atoms with van der Waals surface area (Å²) in [5, 5.41) is 20.2. The summed E-state index contributed by atoms with van der Waals surface area (Å²) in [6.45, 7) is 3.56. The molecule has 17 heavy (non-hydrogen) atoms. The number of rotatable bonds is 7. The molecule has 3 N–H and O–H groups in total. The summed E-state index contributed by atoms with van der Waals surface area (Å²) in [5.41, 5.74) is 0. The molecule has 1 fully saturated rings. The molecular formula is C11H18N2O4. The minimum absolute atomic E-state index is 0.122. The second kappa shape index (κ2) is 6.24. The Balaban J connectivity index is 2.54. The van der Waals surface area contributed by atoms with Gasteiger partial charge in [0.05, 0.1) is 6.61 Å². The van der Waals surface area contributed by atoms with E-state index in [1.165, 1.54) is 11.0 Å². The zero-order valence-electron chi connectivity index (χ0n) is 9.63. The minimum Gasteiger partial charge on any atom is -0.480 e. The molecule has 0 radical (unpaired) electrons. The van der Waals surface area contributed by atoms with E-state index in [-0.39, 0.29) is 25.6 Å². The molecule has 1 unspecified atom stereocenters. The van der Waals surface area contributed by atoms with Gasteiger partial charge in [0.25, 0.3) is 0 Å². The van der Waals surface area contributed by atoms with Crippen LogP contribution in [-0.2, 0) is 4.79 Å². The second-order valence-corrected chi connectivity index (χ2v) is 4.01. The predicted molar refractivity (Wildman–Crippen MR) is 61.6 cm³/mol. The molecule has 1 saturated carbocycles. The van der Waals surface area contributed by atoms with Crippen LogP contribution in [0.5, 0.6) is 0 Å². The van der Waals surface area contributed by atoms with Gasteiger partial charge in [-0.25, -0.2) is 9.59 Å². The first-order chi connectivity index (χ1) is 8.10. The number of carboxylic acids is 1. The summed E-state index contributed by atoms with van der Waals surface area (Å²) >= 11 is 0. The normalized spacial score (nSPS) is 16.1. The number of hydrogen-bond acceptors (Lipinski definition) is 3. The average Bonchev–Trinajstić information content (AvgIpc) is 3.08. The van der Waals surface area contributed by atoms with Crippen molar-refractivity contribution in [2.75, 3.05) is 13.2 Å². The molecule has 0 aromatic heterocycles. The Kier molecular flexibility index (Phi) is 4.96. The number of nitrogens with zero attached hydrogens (tertiary/aromatic N) is 1. The monoisotopic (exact) mass is 242 g/mol. The van der Waals surface area contributed by atoms with Crippen molar-refractivity contribution in [3.05, 3.63) is 12.7 Å². The van der Waals surface area contributed by atoms with E-state index >= 15 is 0 Å². The number of carboxylic acid groups (broad SMARTS) is 1. The van der Waals surface area contributed by atoms with E-state index in [9.17, 15) is 9.59 Å². The van der Waals surface area contributed by atoms with Crippen LogP contribution in [0.25, 0.3) is 0 Å². The van der Waals surface area contributed by atoms with Crippen LogP contribution in [0.2, 0.25) is 0 Å². The predicted octanol–water partition coefficient (Wildman–Crippen LogP) is 0.182. The van der Waals surface area contributed by atoms with Crippen LogP contribution >= 0.6 is 0 Å². The third kappa shape index (κ3) is 4.07. The lowest BCUT2D eigenvalue weighted by atomic mass is 10.2. The van der Waals surface area contributed by atoms with Gasteiger partial charge in [-0.2, -0.15) is 0 Å². The van der Waals surface area contributed by atoms with Crippen molar-refractivity contribution in [2.24, 2.45) is 0 Å². The van der Waals surface area contributed by atoms with Gasteiger partial charge in [-0.3, -0.25) is 0 Å². The molecule has 0 saturated heterocycles. The zero-order chi connectivity index (χ0) is 12.8. The van der Waals surface area contributed by atoms with Crippen LogP contribution in [0.4, 0.5) is 4.79 Å². The molecule has 0 aromatic carbocycles. The quantitative estimate of drug-likeness (QED) is 0.556. The smallest absolute Gasteiger partial charge is 0.326 e. The summed E-state index contributed by atoms with van der Waals surface area (Å²) < 4.78 is 0. The van der Waals surface area contributed by atoms with Crippen molar-refractivity contribution in [3.8, 4) is 0 Å². The number of amides is 2. The van der Waals surface area contributed by atoms with E-state index in [4.69, 9.17) is 10.2 Å². The highest BCUT2D eigenvalue weighted by atomic mass is 16.4. The second-order valence-electron chi connectivity index (χ2n) is 4.01. The van der Waals surface area contributed by atoms with Gasteiger partial charge >= 0.3 is 12.0 Å². The Morgan fingerprint density at radius 1 is 1.53 bits per heavy atom. The average molecular weight is 242 g/mol. The van der Waals surface area contributed by atoms with Crippen LogP contribution < -0.4 is 5.32 Å². The van der Waals surface area contributed by atoms with E-state index in [1.54, 1.807) is 0 Å². The Labute approximate surface area is 99.9 Å². The molecule has 1 rings (SSSR count). The minimum atomic E-state index is -1.09. The van der Waals surface area contributed by atoms with Gasteiger partial charge in [0.2, 0.25) is 0 Å². The van der Waals surface area contributed by atoms with Gasteiger partial charge in [0, 0.05) is 12.6 Å². The number of hydrogen-bond donors (Lipinski definition) is 3. The number of carbonyl (C=O) groups is 2. The van der Waals surface area contributed by atoms with E-state index < -0.39 is 18.0 Å². The maximum atomic E-state index is 11.8. The SMILES string of the molecule is C=CCC(NC(=O)N(CCO)C1CC1)C(=O)O. The third-order valence-electron chi connectivity index (χ3n) is 2.59. The van der Waals surface area contributed by atoms with Crippen LogP contribution in [0.1, 0.15) is 19.3 Å². The standard InChI is InChI=1S/C11H18N2O4/c1-2-3-9(10(15)16)12-11(17)13(6-7-14)8-4-5-8/h2,8-9,14H,1,3-7H2,(H,12,17)(H,15,16). The lowest BCUT2D eigenvalue weighted by Gasteiger charge is -2.23. The maximum absolute atomic E-state index is 11.8. The Hall–Kier alpha value is -1.56. The highest BCUT2D eigenvalue weighted by Crippen LogP contribution is 2.26. The fraction of sp³-hybridized carbons (Fsp3) is 0.636. The number of carbonyl (C=O) groups excluding carboxylic acids is 1. The van der Waals surface area contributed by atoms with Gasteiger partial charge < -0.3 is 20.4 Å². The van der Waals surface area contributed by atoms with Crippen molar-refractivity contribution in [1.29, 1.82) is 0 Å². The zero-order valence-corrected chi connectivity index (χ0v) is 9.63. The molecular weight excluding hydrogens is 224 g/mol. The summed E-state index contributed by atoms with van der Waals surface area (Å²) in [5.74, 6) is -1.09. The summed E-state index contributed by atoms with van der Waals surface area (Å²) in [4.78, 5) is 24.2. The third-order valence-corrected chi connectivity index (χ3v) is 2.59. The van der Waals surface area contributed by atoms with Crippen LogP contribution in [0, 0.1) is 0 Å². The molecule has 0 spiro atoms. The first-order valence-electron chi connectivity index (χ1n) is 5.61. The van der Waals surface area contributed by atoms with Crippen LogP contribution in [0.3, 0.4) is 0 Å². The molecule has 0 aromatic rings. The molecule has 6 heteroatoms. The number of aliphatic hydroxyl groups is 1. The molecule has 1 aliphatic rings. The molecule has 96 valence electrons. The molecule has 0 heterocycles. The lowest BCUT2D eigenvalue weighted by Crippen LogP contribution is -2.49. The number of aliphatic hydroxyl groups excluding tert-OH is 1. The molecule has 1 aliphatic carbocycles. The summed E-state index contributed by atoms with van der Waals surface area (Å²) in [6, 6.07) is -1.25. The van der Waals surface area contributed by atoms with Gasteiger partial charge in [-0.15, -0.1) is 6.58 Å². The lowest BCUT2D eigenvalue weighted by molar-refractivity contribution is -0.139. The van der Waals surface area contributed by atoms with E-state index in [2.05, 4.69) is 11.9 Å². The van der Waals surface area contributed by atoms with E-state index in [1.807, 2.05) is 0 Å². The fourth-order valence-electron chi connectivity index (χ4n) is 1.56. The van der Waals surface area contributed by atoms with Crippen molar-refractivity contribution in [3.63, 3.8) is 0 Å². The maximum Gasteiger partial charge on any atom is 0.326 e. The molecule has 0 aliphatic heterocycles. The Bertz CT molecular complexity index is 302. The molecule has 1 atom stereocenters. The first kappa shape index (κ1) is 13.5. The topological polar surface area (TPSA) is 89.9 Å². The fourth-order valence-corrected chi connectivity index (χ4v) is 1.56. The van der Waals surface area contributed by atoms with Crippen LogP contribution in [-0.4, -0.2) is 52.3 Å². The van der Waals surface area contributed by atoms with E-state index in [0.29, 0.717) is 0 Å². The number of nitrogens with one attached hydrogen (secondary N) is 1. The van der Waals surface area contributed by atoms with Crippen LogP contribution in [0.15, 0.2) is 12.7 Å². The largest absolute Gasteiger partial charge is 0.480 e.